The lowest BCUT2D eigenvalue weighted by Crippen LogP contribution is -2.37. The Morgan fingerprint density at radius 1 is 1.24 bits per heavy atom. The fourth-order valence-corrected chi connectivity index (χ4v) is 2.74. The van der Waals surface area contributed by atoms with Crippen molar-refractivity contribution in [2.75, 3.05) is 52.4 Å². The minimum atomic E-state index is -0.490. The quantitative estimate of drug-likeness (QED) is 0.151. The number of nitrogens with one attached hydrogen (secondary N) is 2. The number of anilines is 1. The summed E-state index contributed by atoms with van der Waals surface area (Å²) in [7, 11) is 3.17. The second kappa shape index (κ2) is 22.0. The lowest BCUT2D eigenvalue weighted by Gasteiger charge is -2.28. The van der Waals surface area contributed by atoms with Crippen LogP contribution in [0.25, 0.3) is 0 Å². The summed E-state index contributed by atoms with van der Waals surface area (Å²) in [5.41, 5.74) is 11.5. The first-order chi connectivity index (χ1) is 18.2. The highest BCUT2D eigenvalue weighted by Crippen LogP contribution is 2.21. The maximum atomic E-state index is 11.3. The highest BCUT2D eigenvalue weighted by atomic mass is 16.7. The standard InChI is InChI=1S/C17H26N2O6.C5H8O.C4H10N2O/c1-21-16-11-24-14(10-25-16)7-8-23-17(22-2)12-3-5-13(6-4-12)19-15(20)9-18;1-3-5(6)4-2;1-2-3-6-4(5)7/h3-6,14,16-17H,7-11,18H2,1-2H3,(H,19,20);3-4,6H,1H2,2H3;2-3H2,1H3,(H3,5,6,7)/b;5-4+;. The molecule has 0 spiro atoms. The summed E-state index contributed by atoms with van der Waals surface area (Å²) in [5.74, 6) is -0.00676. The summed E-state index contributed by atoms with van der Waals surface area (Å²) in [6.07, 6.45) is 3.80. The second-order valence-electron chi connectivity index (χ2n) is 7.76. The third kappa shape index (κ3) is 16.7. The average molecular weight is 541 g/mol. The van der Waals surface area contributed by atoms with Gasteiger partial charge in [-0.3, -0.25) is 4.79 Å². The van der Waals surface area contributed by atoms with Gasteiger partial charge < -0.3 is 50.9 Å². The fourth-order valence-electron chi connectivity index (χ4n) is 2.74. The van der Waals surface area contributed by atoms with E-state index in [9.17, 15) is 9.59 Å². The van der Waals surface area contributed by atoms with Crippen molar-refractivity contribution >= 4 is 17.6 Å². The highest BCUT2D eigenvalue weighted by Gasteiger charge is 2.22. The van der Waals surface area contributed by atoms with Crippen LogP contribution in [0.5, 0.6) is 0 Å². The highest BCUT2D eigenvalue weighted by molar-refractivity contribution is 5.92. The number of nitrogens with two attached hydrogens (primary N) is 2. The number of primary amides is 1. The van der Waals surface area contributed by atoms with Crippen molar-refractivity contribution in [3.05, 3.63) is 54.3 Å². The molecule has 12 heteroatoms. The molecule has 0 saturated carbocycles. The number of carbonyl (C=O) groups is 2. The van der Waals surface area contributed by atoms with Gasteiger partial charge in [-0.25, -0.2) is 4.79 Å². The number of aliphatic hydroxyl groups excluding tert-OH is 1. The van der Waals surface area contributed by atoms with Crippen LogP contribution >= 0.6 is 0 Å². The molecular weight excluding hydrogens is 496 g/mol. The minimum absolute atomic E-state index is 0.0160. The van der Waals surface area contributed by atoms with Crippen LogP contribution in [0, 0.1) is 0 Å². The number of benzene rings is 1. The second-order valence-corrected chi connectivity index (χ2v) is 7.76. The number of methoxy groups -OCH3 is 2. The van der Waals surface area contributed by atoms with E-state index in [4.69, 9.17) is 40.3 Å². The van der Waals surface area contributed by atoms with E-state index < -0.39 is 12.3 Å². The largest absolute Gasteiger partial charge is 0.508 e. The van der Waals surface area contributed by atoms with E-state index in [1.807, 2.05) is 19.1 Å². The normalized spacial score (nSPS) is 17.6. The Balaban J connectivity index is 0.000000869. The van der Waals surface area contributed by atoms with Gasteiger partial charge >= 0.3 is 6.03 Å². The molecular formula is C26H44N4O8. The van der Waals surface area contributed by atoms with Crippen molar-refractivity contribution < 1.29 is 38.4 Å². The molecule has 1 heterocycles. The first-order valence-corrected chi connectivity index (χ1v) is 12.3. The van der Waals surface area contributed by atoms with Crippen molar-refractivity contribution in [1.82, 2.24) is 5.32 Å². The molecule has 1 aliphatic rings. The number of carbonyl (C=O) groups excluding carboxylic acids is 2. The first kappa shape index (κ1) is 35.0. The average Bonchev–Trinajstić information content (AvgIpc) is 2.95. The molecule has 3 unspecified atom stereocenters. The zero-order chi connectivity index (χ0) is 28.8. The number of amides is 3. The SMILES string of the molecule is C=C/C(O)=C\C.CCCNC(N)=O.COC1COC(CCOC(OC)c2ccc(NC(=O)CN)cc2)CO1. The molecule has 3 atom stereocenters. The van der Waals surface area contributed by atoms with Gasteiger partial charge in [0.05, 0.1) is 32.5 Å². The van der Waals surface area contributed by atoms with Crippen molar-refractivity contribution in [3.63, 3.8) is 0 Å². The van der Waals surface area contributed by atoms with E-state index in [1.165, 1.54) is 6.08 Å². The number of rotatable bonds is 12. The number of hydrogen-bond donors (Lipinski definition) is 5. The molecule has 0 bridgehead atoms. The van der Waals surface area contributed by atoms with Gasteiger partial charge in [-0.1, -0.05) is 25.6 Å². The van der Waals surface area contributed by atoms with Gasteiger partial charge in [0.2, 0.25) is 5.91 Å². The Bertz CT molecular complexity index is 812. The Hall–Kier alpha value is -3.00. The molecule has 3 amide bonds. The lowest BCUT2D eigenvalue weighted by atomic mass is 10.2. The van der Waals surface area contributed by atoms with Crippen LogP contribution in [0.3, 0.4) is 0 Å². The summed E-state index contributed by atoms with van der Waals surface area (Å²) in [5, 5.41) is 13.5. The third-order valence-corrected chi connectivity index (χ3v) is 4.83. The first-order valence-electron chi connectivity index (χ1n) is 12.3. The summed E-state index contributed by atoms with van der Waals surface area (Å²) in [4.78, 5) is 21.1. The lowest BCUT2D eigenvalue weighted by molar-refractivity contribution is -0.229. The Kier molecular flexibility index (Phi) is 20.3. The van der Waals surface area contributed by atoms with Crippen molar-refractivity contribution in [1.29, 1.82) is 0 Å². The number of aliphatic hydroxyl groups is 1. The van der Waals surface area contributed by atoms with Gasteiger partial charge in [-0.2, -0.15) is 0 Å². The smallest absolute Gasteiger partial charge is 0.312 e. The Morgan fingerprint density at radius 2 is 1.92 bits per heavy atom. The van der Waals surface area contributed by atoms with Crippen molar-refractivity contribution in [3.8, 4) is 0 Å². The van der Waals surface area contributed by atoms with Crippen LogP contribution in [-0.2, 0) is 28.5 Å². The number of allylic oxidation sites excluding steroid dienone is 2. The summed E-state index contributed by atoms with van der Waals surface area (Å²) < 4.78 is 27.4. The molecule has 1 aromatic carbocycles. The molecule has 7 N–H and O–H groups in total. The van der Waals surface area contributed by atoms with Gasteiger partial charge in [-0.15, -0.1) is 0 Å². The monoisotopic (exact) mass is 540 g/mol. The predicted octanol–water partition coefficient (Wildman–Crippen LogP) is 2.72. The van der Waals surface area contributed by atoms with Crippen molar-refractivity contribution in [2.45, 2.75) is 45.4 Å². The van der Waals surface area contributed by atoms with E-state index in [-0.39, 0.29) is 30.6 Å². The summed E-state index contributed by atoms with van der Waals surface area (Å²) in [6, 6.07) is 6.79. The molecule has 1 aromatic rings. The Labute approximate surface area is 225 Å². The maximum absolute atomic E-state index is 11.3. The molecule has 12 nitrogen and oxygen atoms in total. The van der Waals surface area contributed by atoms with Crippen LogP contribution < -0.4 is 22.1 Å². The zero-order valence-electron chi connectivity index (χ0n) is 22.8. The number of hydrogen-bond acceptors (Lipinski definition) is 9. The van der Waals surface area contributed by atoms with Crippen LogP contribution in [0.2, 0.25) is 0 Å². The molecule has 1 aliphatic heterocycles. The maximum Gasteiger partial charge on any atom is 0.312 e. The molecule has 0 aliphatic carbocycles. The zero-order valence-corrected chi connectivity index (χ0v) is 22.8. The van der Waals surface area contributed by atoms with E-state index in [0.29, 0.717) is 38.5 Å². The number of ether oxygens (including phenoxy) is 5. The van der Waals surface area contributed by atoms with Gasteiger partial charge in [0.1, 0.15) is 5.76 Å². The van der Waals surface area contributed by atoms with Gasteiger partial charge in [0.25, 0.3) is 0 Å². The molecule has 2 rings (SSSR count). The van der Waals surface area contributed by atoms with Gasteiger partial charge in [0, 0.05) is 32.0 Å². The number of urea groups is 1. The molecule has 38 heavy (non-hydrogen) atoms. The molecule has 0 aromatic heterocycles. The van der Waals surface area contributed by atoms with Gasteiger partial charge in [0.15, 0.2) is 12.6 Å². The molecule has 216 valence electrons. The van der Waals surface area contributed by atoms with Crippen LogP contribution in [0.15, 0.2) is 48.8 Å². The van der Waals surface area contributed by atoms with Crippen molar-refractivity contribution in [2.24, 2.45) is 11.5 Å². The molecule has 1 fully saturated rings. The van der Waals surface area contributed by atoms with Crippen LogP contribution in [0.4, 0.5) is 10.5 Å². The Morgan fingerprint density at radius 3 is 2.32 bits per heavy atom. The van der Waals surface area contributed by atoms with E-state index in [2.05, 4.69) is 17.2 Å². The molecule has 0 radical (unpaired) electrons. The predicted molar refractivity (Wildman–Crippen MR) is 145 cm³/mol. The van der Waals surface area contributed by atoms with Crippen LogP contribution in [-0.4, -0.2) is 76.6 Å². The molecule has 1 saturated heterocycles. The third-order valence-electron chi connectivity index (χ3n) is 4.83. The van der Waals surface area contributed by atoms with E-state index in [1.54, 1.807) is 39.4 Å². The van der Waals surface area contributed by atoms with Crippen LogP contribution in [0.1, 0.15) is 38.5 Å². The topological polar surface area (TPSA) is 177 Å². The van der Waals surface area contributed by atoms with Gasteiger partial charge in [-0.05, 0) is 44.1 Å². The summed E-state index contributed by atoms with van der Waals surface area (Å²) in [6.45, 7) is 9.02. The van der Waals surface area contributed by atoms with E-state index >= 15 is 0 Å². The summed E-state index contributed by atoms with van der Waals surface area (Å²) >= 11 is 0. The van der Waals surface area contributed by atoms with E-state index in [0.717, 1.165) is 12.0 Å². The minimum Gasteiger partial charge on any atom is -0.508 e. The fraction of sp³-hybridized carbons (Fsp3) is 0.538.